The van der Waals surface area contributed by atoms with Gasteiger partial charge >= 0.3 is 0 Å². The Morgan fingerprint density at radius 3 is 2.26 bits per heavy atom. The molecule has 0 unspecified atom stereocenters. The van der Waals surface area contributed by atoms with Gasteiger partial charge in [-0.1, -0.05) is 78.2 Å². The average molecular weight is 428 g/mol. The second kappa shape index (κ2) is 17.3. The van der Waals surface area contributed by atoms with Crippen molar-refractivity contribution in [3.63, 3.8) is 0 Å². The highest BCUT2D eigenvalue weighted by Gasteiger charge is 2.07. The molecular weight excluding hydrogens is 386 g/mol. The van der Waals surface area contributed by atoms with Crippen LogP contribution in [0.1, 0.15) is 94.5 Å². The Balaban J connectivity index is 0.000000592. The van der Waals surface area contributed by atoms with Gasteiger partial charge < -0.3 is 15.8 Å². The van der Waals surface area contributed by atoms with Crippen molar-refractivity contribution in [3.05, 3.63) is 53.7 Å². The lowest BCUT2D eigenvalue weighted by Gasteiger charge is -2.08. The van der Waals surface area contributed by atoms with Crippen LogP contribution in [0.5, 0.6) is 11.6 Å². The predicted octanol–water partition coefficient (Wildman–Crippen LogP) is 6.62. The number of aromatic nitrogens is 1. The zero-order valence-corrected chi connectivity index (χ0v) is 19.7. The minimum Gasteiger partial charge on any atom is -0.439 e. The van der Waals surface area contributed by atoms with Gasteiger partial charge in [0.1, 0.15) is 5.75 Å². The van der Waals surface area contributed by atoms with E-state index in [0.717, 1.165) is 18.4 Å². The van der Waals surface area contributed by atoms with E-state index in [1.807, 2.05) is 6.07 Å². The molecule has 5 heteroatoms. The van der Waals surface area contributed by atoms with E-state index in [1.54, 1.807) is 36.5 Å². The quantitative estimate of drug-likeness (QED) is 0.352. The second-order valence-corrected chi connectivity index (χ2v) is 7.71. The number of hydrogen-bond acceptors (Lipinski definition) is 4. The third-order valence-electron chi connectivity index (χ3n) is 4.88. The van der Waals surface area contributed by atoms with Gasteiger partial charge in [0.15, 0.2) is 0 Å². The number of amides is 1. The summed E-state index contributed by atoms with van der Waals surface area (Å²) in [6.07, 6.45) is 13.2. The Hall–Kier alpha value is -2.40. The second-order valence-electron chi connectivity index (χ2n) is 7.71. The van der Waals surface area contributed by atoms with Gasteiger partial charge in [0.05, 0.1) is 0 Å². The fourth-order valence-corrected chi connectivity index (χ4v) is 2.99. The summed E-state index contributed by atoms with van der Waals surface area (Å²) < 4.78 is 5.72. The molecule has 1 aromatic heterocycles. The van der Waals surface area contributed by atoms with Crippen molar-refractivity contribution in [3.8, 4) is 11.6 Å². The molecule has 2 aromatic rings. The molecule has 5 nitrogen and oxygen atoms in total. The molecule has 0 atom stereocenters. The molecule has 0 radical (unpaired) electrons. The molecule has 0 saturated heterocycles. The summed E-state index contributed by atoms with van der Waals surface area (Å²) in [5.41, 5.74) is 7.14. The minimum atomic E-state index is -0.0828. The van der Waals surface area contributed by atoms with Crippen LogP contribution in [0.4, 0.5) is 0 Å². The first-order valence-electron chi connectivity index (χ1n) is 11.9. The SMILES string of the molecule is CCCCCCC.CCCCCCNC(=O)c1cccc(Oc2cc(CN)ccn2)c1. The van der Waals surface area contributed by atoms with E-state index in [4.69, 9.17) is 10.5 Å². The molecule has 0 saturated carbocycles. The predicted molar refractivity (Wildman–Crippen MR) is 130 cm³/mol. The fourth-order valence-electron chi connectivity index (χ4n) is 2.99. The number of nitrogens with zero attached hydrogens (tertiary/aromatic N) is 1. The summed E-state index contributed by atoms with van der Waals surface area (Å²) in [6, 6.07) is 10.7. The number of nitrogens with two attached hydrogens (primary N) is 1. The third kappa shape index (κ3) is 12.1. The summed E-state index contributed by atoms with van der Waals surface area (Å²) >= 11 is 0. The molecule has 0 aliphatic rings. The molecule has 0 fully saturated rings. The molecule has 31 heavy (non-hydrogen) atoms. The molecule has 1 aromatic carbocycles. The van der Waals surface area contributed by atoms with E-state index >= 15 is 0 Å². The normalized spacial score (nSPS) is 10.2. The van der Waals surface area contributed by atoms with E-state index in [-0.39, 0.29) is 5.91 Å². The maximum Gasteiger partial charge on any atom is 0.251 e. The number of carbonyl (C=O) groups is 1. The summed E-state index contributed by atoms with van der Waals surface area (Å²) in [4.78, 5) is 16.3. The maximum absolute atomic E-state index is 12.2. The van der Waals surface area contributed by atoms with Crippen LogP contribution in [0.3, 0.4) is 0 Å². The smallest absolute Gasteiger partial charge is 0.251 e. The molecule has 1 heterocycles. The van der Waals surface area contributed by atoms with Gasteiger partial charge in [0, 0.05) is 30.9 Å². The summed E-state index contributed by atoms with van der Waals surface area (Å²) in [5.74, 6) is 0.964. The zero-order chi connectivity index (χ0) is 22.7. The number of nitrogens with one attached hydrogen (secondary N) is 1. The number of rotatable bonds is 13. The lowest BCUT2D eigenvalue weighted by molar-refractivity contribution is 0.0952. The lowest BCUT2D eigenvalue weighted by Crippen LogP contribution is -2.24. The van der Waals surface area contributed by atoms with Gasteiger partial charge in [-0.3, -0.25) is 4.79 Å². The Bertz CT molecular complexity index is 730. The van der Waals surface area contributed by atoms with Crippen molar-refractivity contribution in [2.24, 2.45) is 5.73 Å². The highest BCUT2D eigenvalue weighted by Crippen LogP contribution is 2.21. The van der Waals surface area contributed by atoms with E-state index in [9.17, 15) is 4.79 Å². The van der Waals surface area contributed by atoms with Crippen LogP contribution in [-0.2, 0) is 6.54 Å². The lowest BCUT2D eigenvalue weighted by atomic mass is 10.2. The highest BCUT2D eigenvalue weighted by atomic mass is 16.5. The van der Waals surface area contributed by atoms with Crippen molar-refractivity contribution in [1.29, 1.82) is 0 Å². The van der Waals surface area contributed by atoms with Crippen LogP contribution < -0.4 is 15.8 Å². The summed E-state index contributed by atoms with van der Waals surface area (Å²) in [5, 5.41) is 2.94. The van der Waals surface area contributed by atoms with E-state index < -0.39 is 0 Å². The number of pyridine rings is 1. The largest absolute Gasteiger partial charge is 0.439 e. The first-order chi connectivity index (χ1) is 15.1. The number of benzene rings is 1. The first kappa shape index (κ1) is 26.6. The monoisotopic (exact) mass is 427 g/mol. The number of ether oxygens (including phenoxy) is 1. The number of unbranched alkanes of at least 4 members (excludes halogenated alkanes) is 7. The third-order valence-corrected chi connectivity index (χ3v) is 4.88. The van der Waals surface area contributed by atoms with Gasteiger partial charge in [-0.05, 0) is 36.2 Å². The van der Waals surface area contributed by atoms with Crippen molar-refractivity contribution in [1.82, 2.24) is 10.3 Å². The molecule has 2 rings (SSSR count). The first-order valence-corrected chi connectivity index (χ1v) is 11.9. The molecular formula is C26H41N3O2. The van der Waals surface area contributed by atoms with E-state index in [0.29, 0.717) is 30.3 Å². The van der Waals surface area contributed by atoms with Crippen LogP contribution >= 0.6 is 0 Å². The van der Waals surface area contributed by atoms with E-state index in [1.165, 1.54) is 44.9 Å². The van der Waals surface area contributed by atoms with Crippen molar-refractivity contribution in [2.75, 3.05) is 6.54 Å². The van der Waals surface area contributed by atoms with Gasteiger partial charge in [0.2, 0.25) is 5.88 Å². The van der Waals surface area contributed by atoms with E-state index in [2.05, 4.69) is 31.1 Å². The molecule has 3 N–H and O–H groups in total. The van der Waals surface area contributed by atoms with Gasteiger partial charge in [-0.15, -0.1) is 0 Å². The van der Waals surface area contributed by atoms with Crippen molar-refractivity contribution >= 4 is 5.91 Å². The van der Waals surface area contributed by atoms with Gasteiger partial charge in [-0.2, -0.15) is 0 Å². The summed E-state index contributed by atoms with van der Waals surface area (Å²) in [6.45, 7) is 7.79. The van der Waals surface area contributed by atoms with Gasteiger partial charge in [0.25, 0.3) is 5.91 Å². The fraction of sp³-hybridized carbons (Fsp3) is 0.538. The molecule has 172 valence electrons. The molecule has 0 bridgehead atoms. The van der Waals surface area contributed by atoms with Crippen LogP contribution in [-0.4, -0.2) is 17.4 Å². The Morgan fingerprint density at radius 2 is 1.61 bits per heavy atom. The van der Waals surface area contributed by atoms with Crippen LogP contribution in [0, 0.1) is 0 Å². The van der Waals surface area contributed by atoms with Crippen molar-refractivity contribution < 1.29 is 9.53 Å². The highest BCUT2D eigenvalue weighted by molar-refractivity contribution is 5.94. The average Bonchev–Trinajstić information content (AvgIpc) is 2.80. The number of carbonyl (C=O) groups excluding carboxylic acids is 1. The molecule has 0 spiro atoms. The Morgan fingerprint density at radius 1 is 0.935 bits per heavy atom. The molecule has 0 aliphatic carbocycles. The Kier molecular flexibility index (Phi) is 14.9. The number of hydrogen-bond donors (Lipinski definition) is 2. The van der Waals surface area contributed by atoms with Crippen LogP contribution in [0.25, 0.3) is 0 Å². The summed E-state index contributed by atoms with van der Waals surface area (Å²) in [7, 11) is 0. The Labute approximate surface area is 188 Å². The van der Waals surface area contributed by atoms with Crippen LogP contribution in [0.15, 0.2) is 42.6 Å². The zero-order valence-electron chi connectivity index (χ0n) is 19.7. The standard InChI is InChI=1S/C19H25N3O2.C7H16/c1-2-3-4-5-10-22-19(23)16-7-6-8-17(13-16)24-18-12-15(14-20)9-11-21-18;1-3-5-7-6-4-2/h6-9,11-13H,2-5,10,14,20H2,1H3,(H,22,23);3-7H2,1-2H3. The minimum absolute atomic E-state index is 0.0828. The van der Waals surface area contributed by atoms with Crippen LogP contribution in [0.2, 0.25) is 0 Å². The molecule has 1 amide bonds. The van der Waals surface area contributed by atoms with Crippen molar-refractivity contribution in [2.45, 2.75) is 85.1 Å². The molecule has 0 aliphatic heterocycles. The topological polar surface area (TPSA) is 77.2 Å². The maximum atomic E-state index is 12.2. The van der Waals surface area contributed by atoms with Gasteiger partial charge in [-0.25, -0.2) is 4.98 Å².